The maximum absolute atomic E-state index is 11.7. The lowest BCUT2D eigenvalue weighted by molar-refractivity contribution is -0.148. The topological polar surface area (TPSA) is 55.4 Å². The van der Waals surface area contributed by atoms with Crippen molar-refractivity contribution in [3.05, 3.63) is 27.3 Å². The average Bonchev–Trinajstić information content (AvgIpc) is 3.07. The quantitative estimate of drug-likeness (QED) is 0.652. The number of aryl methyl sites for hydroxylation is 1. The van der Waals surface area contributed by atoms with Gasteiger partial charge in [-0.25, -0.2) is 0 Å². The zero-order valence-electron chi connectivity index (χ0n) is 10.9. The van der Waals surface area contributed by atoms with Gasteiger partial charge >= 0.3 is 5.97 Å². The molecule has 2 atom stereocenters. The van der Waals surface area contributed by atoms with Gasteiger partial charge in [-0.05, 0) is 65.6 Å². The summed E-state index contributed by atoms with van der Waals surface area (Å²) < 4.78 is 6.09. The van der Waals surface area contributed by atoms with E-state index in [0.717, 1.165) is 21.2 Å². The number of carbonyl (C=O) groups is 2. The van der Waals surface area contributed by atoms with Crippen molar-refractivity contribution in [1.29, 1.82) is 0 Å². The van der Waals surface area contributed by atoms with Crippen LogP contribution in [-0.4, -0.2) is 18.5 Å². The standard InChI is InChI=1S/C14H16INO3/c1-8-6-11(8)14(18)19-7-13(17)16-12-4-3-10(15)5-9(12)2/h3-5,8,11H,6-7H2,1-2H3,(H,16,17). The molecule has 1 aliphatic carbocycles. The van der Waals surface area contributed by atoms with Crippen molar-refractivity contribution in [3.63, 3.8) is 0 Å². The number of ether oxygens (including phenoxy) is 1. The fourth-order valence-corrected chi connectivity index (χ4v) is 2.49. The fourth-order valence-electron chi connectivity index (χ4n) is 1.85. The molecule has 2 unspecified atom stereocenters. The molecule has 0 saturated heterocycles. The summed E-state index contributed by atoms with van der Waals surface area (Å²) in [5.41, 5.74) is 1.74. The smallest absolute Gasteiger partial charge is 0.309 e. The number of anilines is 1. The van der Waals surface area contributed by atoms with Gasteiger partial charge < -0.3 is 10.1 Å². The Morgan fingerprint density at radius 2 is 2.16 bits per heavy atom. The molecule has 0 heterocycles. The van der Waals surface area contributed by atoms with Gasteiger partial charge in [0.2, 0.25) is 0 Å². The van der Waals surface area contributed by atoms with Crippen molar-refractivity contribution in [2.24, 2.45) is 11.8 Å². The molecule has 1 saturated carbocycles. The van der Waals surface area contributed by atoms with Gasteiger partial charge in [-0.3, -0.25) is 9.59 Å². The molecule has 4 nitrogen and oxygen atoms in total. The van der Waals surface area contributed by atoms with Crippen LogP contribution in [-0.2, 0) is 14.3 Å². The van der Waals surface area contributed by atoms with Crippen LogP contribution in [0.5, 0.6) is 0 Å². The third-order valence-electron chi connectivity index (χ3n) is 3.22. The van der Waals surface area contributed by atoms with Gasteiger partial charge in [0, 0.05) is 9.26 Å². The van der Waals surface area contributed by atoms with E-state index < -0.39 is 0 Å². The summed E-state index contributed by atoms with van der Waals surface area (Å²) in [6.45, 7) is 3.71. The zero-order valence-corrected chi connectivity index (χ0v) is 13.1. The van der Waals surface area contributed by atoms with Crippen LogP contribution in [0.15, 0.2) is 18.2 Å². The Bertz CT molecular complexity index is 515. The van der Waals surface area contributed by atoms with Crippen LogP contribution in [0.4, 0.5) is 5.69 Å². The van der Waals surface area contributed by atoms with Crippen LogP contribution < -0.4 is 5.32 Å². The third-order valence-corrected chi connectivity index (χ3v) is 3.89. The number of benzene rings is 1. The number of rotatable bonds is 4. The normalized spacial score (nSPS) is 20.8. The molecule has 2 rings (SSSR count). The maximum atomic E-state index is 11.7. The monoisotopic (exact) mass is 373 g/mol. The maximum Gasteiger partial charge on any atom is 0.309 e. The Morgan fingerprint density at radius 1 is 1.47 bits per heavy atom. The van der Waals surface area contributed by atoms with E-state index in [1.54, 1.807) is 0 Å². The second-order valence-electron chi connectivity index (χ2n) is 4.93. The molecule has 19 heavy (non-hydrogen) atoms. The second kappa shape index (κ2) is 5.90. The lowest BCUT2D eigenvalue weighted by atomic mass is 10.2. The van der Waals surface area contributed by atoms with Gasteiger partial charge in [-0.2, -0.15) is 0 Å². The third kappa shape index (κ3) is 3.92. The van der Waals surface area contributed by atoms with Crippen LogP contribution in [0, 0.1) is 22.3 Å². The summed E-state index contributed by atoms with van der Waals surface area (Å²) in [6, 6.07) is 5.74. The highest BCUT2D eigenvalue weighted by atomic mass is 127. The molecule has 102 valence electrons. The van der Waals surface area contributed by atoms with E-state index in [2.05, 4.69) is 27.9 Å². The van der Waals surface area contributed by atoms with Crippen LogP contribution in [0.1, 0.15) is 18.9 Å². The van der Waals surface area contributed by atoms with Gasteiger partial charge in [-0.1, -0.05) is 6.92 Å². The predicted molar refractivity (Wildman–Crippen MR) is 80.8 cm³/mol. The molecule has 0 bridgehead atoms. The largest absolute Gasteiger partial charge is 0.455 e. The molecule has 0 spiro atoms. The van der Waals surface area contributed by atoms with Gasteiger partial charge in [0.05, 0.1) is 5.92 Å². The molecule has 1 aliphatic rings. The fraction of sp³-hybridized carbons (Fsp3) is 0.429. The summed E-state index contributed by atoms with van der Waals surface area (Å²) in [7, 11) is 0. The van der Waals surface area contributed by atoms with Crippen molar-refractivity contribution < 1.29 is 14.3 Å². The van der Waals surface area contributed by atoms with E-state index in [0.29, 0.717) is 5.92 Å². The van der Waals surface area contributed by atoms with Crippen LogP contribution >= 0.6 is 22.6 Å². The van der Waals surface area contributed by atoms with Gasteiger partial charge in [0.15, 0.2) is 6.61 Å². The first-order chi connectivity index (χ1) is 8.97. The highest BCUT2D eigenvalue weighted by Crippen LogP contribution is 2.38. The lowest BCUT2D eigenvalue weighted by Crippen LogP contribution is -2.22. The molecular weight excluding hydrogens is 357 g/mol. The van der Waals surface area contributed by atoms with E-state index in [4.69, 9.17) is 4.74 Å². The molecule has 1 aromatic carbocycles. The molecule has 0 aliphatic heterocycles. The van der Waals surface area contributed by atoms with Crippen molar-refractivity contribution in [3.8, 4) is 0 Å². The van der Waals surface area contributed by atoms with Crippen molar-refractivity contribution >= 4 is 40.2 Å². The molecular formula is C14H16INO3. The molecule has 1 N–H and O–H groups in total. The number of amides is 1. The number of carbonyl (C=O) groups excluding carboxylic acids is 2. The number of hydrogen-bond acceptors (Lipinski definition) is 3. The minimum Gasteiger partial charge on any atom is -0.455 e. The van der Waals surface area contributed by atoms with Crippen LogP contribution in [0.2, 0.25) is 0 Å². The first kappa shape index (κ1) is 14.3. The van der Waals surface area contributed by atoms with Gasteiger partial charge in [0.1, 0.15) is 0 Å². The minimum absolute atomic E-state index is 0.00663. The highest BCUT2D eigenvalue weighted by molar-refractivity contribution is 14.1. The average molecular weight is 373 g/mol. The van der Waals surface area contributed by atoms with E-state index in [9.17, 15) is 9.59 Å². The summed E-state index contributed by atoms with van der Waals surface area (Å²) in [5.74, 6) is -0.171. The van der Waals surface area contributed by atoms with E-state index in [1.807, 2.05) is 32.0 Å². The lowest BCUT2D eigenvalue weighted by Gasteiger charge is -2.09. The first-order valence-corrected chi connectivity index (χ1v) is 7.28. The first-order valence-electron chi connectivity index (χ1n) is 6.20. The molecule has 0 radical (unpaired) electrons. The van der Waals surface area contributed by atoms with E-state index in [-0.39, 0.29) is 24.4 Å². The van der Waals surface area contributed by atoms with E-state index in [1.165, 1.54) is 0 Å². The zero-order chi connectivity index (χ0) is 14.0. The number of esters is 1. The van der Waals surface area contributed by atoms with Crippen LogP contribution in [0.25, 0.3) is 0 Å². The Morgan fingerprint density at radius 3 is 2.74 bits per heavy atom. The van der Waals surface area contributed by atoms with Crippen molar-refractivity contribution in [1.82, 2.24) is 0 Å². The Balaban J connectivity index is 1.82. The Hall–Kier alpha value is -1.11. The van der Waals surface area contributed by atoms with Crippen LogP contribution in [0.3, 0.4) is 0 Å². The predicted octanol–water partition coefficient (Wildman–Crippen LogP) is 2.74. The minimum atomic E-state index is -0.300. The molecule has 5 heteroatoms. The van der Waals surface area contributed by atoms with Gasteiger partial charge in [0.25, 0.3) is 5.91 Å². The van der Waals surface area contributed by atoms with Crippen molar-refractivity contribution in [2.45, 2.75) is 20.3 Å². The molecule has 1 aromatic rings. The van der Waals surface area contributed by atoms with Crippen molar-refractivity contribution in [2.75, 3.05) is 11.9 Å². The Labute approximate surface area is 126 Å². The second-order valence-corrected chi connectivity index (χ2v) is 6.18. The summed E-state index contributed by atoms with van der Waals surface area (Å²) >= 11 is 2.22. The molecule has 0 aromatic heterocycles. The number of halogens is 1. The highest BCUT2D eigenvalue weighted by Gasteiger charge is 2.40. The summed E-state index contributed by atoms with van der Waals surface area (Å²) in [5, 5.41) is 2.74. The molecule has 1 fully saturated rings. The molecule has 1 amide bonds. The number of hydrogen-bond donors (Lipinski definition) is 1. The Kier molecular flexibility index (Phi) is 4.44. The number of nitrogens with one attached hydrogen (secondary N) is 1. The summed E-state index contributed by atoms with van der Waals surface area (Å²) in [4.78, 5) is 23.2. The van der Waals surface area contributed by atoms with E-state index >= 15 is 0 Å². The SMILES string of the molecule is Cc1cc(I)ccc1NC(=O)COC(=O)C1CC1C. The summed E-state index contributed by atoms with van der Waals surface area (Å²) in [6.07, 6.45) is 0.872. The van der Waals surface area contributed by atoms with Gasteiger partial charge in [-0.15, -0.1) is 0 Å².